The summed E-state index contributed by atoms with van der Waals surface area (Å²) in [4.78, 5) is 21.1. The molecular weight excluding hydrogens is 485 g/mol. The molecule has 11 heteroatoms. The molecule has 38 heavy (non-hydrogen) atoms. The van der Waals surface area contributed by atoms with Crippen molar-refractivity contribution in [3.8, 4) is 28.5 Å². The molecule has 1 atom stereocenters. The fourth-order valence-corrected chi connectivity index (χ4v) is 4.53. The number of aromatic nitrogens is 8. The Hall–Kier alpha value is -4.64. The highest BCUT2D eigenvalue weighted by molar-refractivity contribution is 5.96. The molecule has 0 aliphatic heterocycles. The van der Waals surface area contributed by atoms with Crippen molar-refractivity contribution >= 4 is 27.6 Å². The zero-order valence-corrected chi connectivity index (χ0v) is 20.9. The van der Waals surface area contributed by atoms with Gasteiger partial charge in [0.25, 0.3) is 0 Å². The van der Waals surface area contributed by atoms with Crippen molar-refractivity contribution in [1.82, 2.24) is 39.7 Å². The van der Waals surface area contributed by atoms with Crippen LogP contribution in [0, 0.1) is 12.7 Å². The quantitative estimate of drug-likeness (QED) is 0.209. The number of rotatable bonds is 8. The van der Waals surface area contributed by atoms with Crippen molar-refractivity contribution in [3.63, 3.8) is 0 Å². The normalized spacial score (nSPS) is 12.4. The van der Waals surface area contributed by atoms with Gasteiger partial charge in [0.2, 0.25) is 0 Å². The van der Waals surface area contributed by atoms with E-state index in [1.54, 1.807) is 37.1 Å². The molecule has 0 fully saturated rings. The average molecular weight is 512 g/mol. The summed E-state index contributed by atoms with van der Waals surface area (Å²) in [6.45, 7) is 3.98. The summed E-state index contributed by atoms with van der Waals surface area (Å²) < 4.78 is 17.0. The van der Waals surface area contributed by atoms with Crippen LogP contribution in [0.2, 0.25) is 0 Å². The molecule has 0 aliphatic rings. The molecule has 0 radical (unpaired) electrons. The third-order valence-corrected chi connectivity index (χ3v) is 6.43. The summed E-state index contributed by atoms with van der Waals surface area (Å²) in [6.07, 6.45) is 10.3. The highest BCUT2D eigenvalue weighted by Gasteiger charge is 2.18. The van der Waals surface area contributed by atoms with E-state index in [9.17, 15) is 5.11 Å². The minimum absolute atomic E-state index is 0.367. The maximum absolute atomic E-state index is 15.2. The van der Waals surface area contributed by atoms with Gasteiger partial charge in [0.15, 0.2) is 11.6 Å². The first kappa shape index (κ1) is 23.7. The molecule has 0 aliphatic carbocycles. The Morgan fingerprint density at radius 3 is 2.87 bits per heavy atom. The number of anilines is 1. The number of imidazole rings is 2. The van der Waals surface area contributed by atoms with Crippen LogP contribution in [-0.2, 0) is 0 Å². The van der Waals surface area contributed by atoms with Gasteiger partial charge >= 0.3 is 0 Å². The molecule has 5 aromatic heterocycles. The van der Waals surface area contributed by atoms with E-state index in [4.69, 9.17) is 4.98 Å². The van der Waals surface area contributed by atoms with Crippen LogP contribution in [-0.4, -0.2) is 51.0 Å². The Labute approximate surface area is 217 Å². The lowest BCUT2D eigenvalue weighted by Crippen LogP contribution is -2.18. The smallest absolute Gasteiger partial charge is 0.166 e. The number of fused-ring (bicyclic) bond motifs is 2. The molecule has 5 heterocycles. The van der Waals surface area contributed by atoms with Gasteiger partial charge in [-0.15, -0.1) is 0 Å². The molecule has 1 unspecified atom stereocenters. The van der Waals surface area contributed by atoms with Crippen LogP contribution >= 0.6 is 0 Å². The third kappa shape index (κ3) is 4.37. The standard InChI is InChI=1S/C27H26FN9O/c1-3-4-5-23(38)32-17-8-16(11-29-12-17)18-9-19-22(10-20(18)28)35-36-24(19)26-33-21-6-7-30-27(25(21)34-26)37-13-15(2)31-14-37/h6-14,23,32,38H,3-5H2,1-2H3,(H,33,34)(H,35,36). The van der Waals surface area contributed by atoms with E-state index in [0.29, 0.717) is 57.0 Å². The summed E-state index contributed by atoms with van der Waals surface area (Å²) in [6, 6.07) is 6.78. The minimum atomic E-state index is -0.696. The Morgan fingerprint density at radius 1 is 1.16 bits per heavy atom. The van der Waals surface area contributed by atoms with Crippen LogP contribution < -0.4 is 5.32 Å². The van der Waals surface area contributed by atoms with Crippen LogP contribution in [0.1, 0.15) is 31.9 Å². The van der Waals surface area contributed by atoms with E-state index < -0.39 is 12.0 Å². The highest BCUT2D eigenvalue weighted by atomic mass is 19.1. The Kier molecular flexibility index (Phi) is 6.04. The van der Waals surface area contributed by atoms with E-state index in [1.807, 2.05) is 23.8 Å². The van der Waals surface area contributed by atoms with Gasteiger partial charge < -0.3 is 15.4 Å². The number of hydrogen-bond acceptors (Lipinski definition) is 7. The van der Waals surface area contributed by atoms with Crippen molar-refractivity contribution < 1.29 is 9.50 Å². The molecule has 6 aromatic rings. The average Bonchev–Trinajstić information content (AvgIpc) is 3.64. The summed E-state index contributed by atoms with van der Waals surface area (Å²) in [7, 11) is 0. The molecule has 0 saturated heterocycles. The first-order valence-corrected chi connectivity index (χ1v) is 12.4. The molecule has 0 bridgehead atoms. The van der Waals surface area contributed by atoms with Crippen LogP contribution in [0.4, 0.5) is 10.1 Å². The Bertz CT molecular complexity index is 1750. The van der Waals surface area contributed by atoms with Gasteiger partial charge in [-0.05, 0) is 38.0 Å². The first-order chi connectivity index (χ1) is 18.5. The molecule has 0 spiro atoms. The maximum atomic E-state index is 15.2. The lowest BCUT2D eigenvalue weighted by molar-refractivity contribution is 0.190. The monoisotopic (exact) mass is 511 g/mol. The number of unbranched alkanes of at least 4 members (excludes halogenated alkanes) is 1. The minimum Gasteiger partial charge on any atom is -0.374 e. The number of benzene rings is 1. The molecule has 4 N–H and O–H groups in total. The number of aromatic amines is 2. The number of pyridine rings is 2. The second kappa shape index (κ2) is 9.67. The van der Waals surface area contributed by atoms with Gasteiger partial charge in [0, 0.05) is 41.2 Å². The van der Waals surface area contributed by atoms with Gasteiger partial charge in [-0.2, -0.15) is 5.10 Å². The lowest BCUT2D eigenvalue weighted by Gasteiger charge is -2.14. The van der Waals surface area contributed by atoms with E-state index in [-0.39, 0.29) is 0 Å². The van der Waals surface area contributed by atoms with Gasteiger partial charge in [-0.25, -0.2) is 19.3 Å². The van der Waals surface area contributed by atoms with Crippen molar-refractivity contribution in [2.75, 3.05) is 5.32 Å². The summed E-state index contributed by atoms with van der Waals surface area (Å²) >= 11 is 0. The van der Waals surface area contributed by atoms with Gasteiger partial charge in [0.05, 0.1) is 28.6 Å². The molecule has 6 rings (SSSR count). The van der Waals surface area contributed by atoms with E-state index >= 15 is 4.39 Å². The lowest BCUT2D eigenvalue weighted by atomic mass is 10.0. The fourth-order valence-electron chi connectivity index (χ4n) is 4.53. The number of aliphatic hydroxyl groups excluding tert-OH is 1. The Morgan fingerprint density at radius 2 is 2.05 bits per heavy atom. The van der Waals surface area contributed by atoms with E-state index in [2.05, 4.69) is 42.4 Å². The molecule has 10 nitrogen and oxygen atoms in total. The molecule has 0 saturated carbocycles. The van der Waals surface area contributed by atoms with Crippen molar-refractivity contribution in [1.29, 1.82) is 0 Å². The van der Waals surface area contributed by atoms with Gasteiger partial charge in [0.1, 0.15) is 29.6 Å². The SMILES string of the molecule is CCCCC(O)Nc1cncc(-c2cc3c(-c4nc5c(-n6cnc(C)c6)nccc5[nH]4)n[nH]c3cc2F)c1. The van der Waals surface area contributed by atoms with Gasteiger partial charge in [-0.3, -0.25) is 14.6 Å². The topological polar surface area (TPSA) is 133 Å². The number of aryl methyl sites for hydroxylation is 1. The van der Waals surface area contributed by atoms with Gasteiger partial charge in [-0.1, -0.05) is 13.3 Å². The van der Waals surface area contributed by atoms with Crippen molar-refractivity contribution in [2.45, 2.75) is 39.3 Å². The predicted molar refractivity (Wildman–Crippen MR) is 143 cm³/mol. The largest absolute Gasteiger partial charge is 0.374 e. The first-order valence-electron chi connectivity index (χ1n) is 12.4. The van der Waals surface area contributed by atoms with E-state index in [1.165, 1.54) is 6.07 Å². The van der Waals surface area contributed by atoms with Crippen molar-refractivity contribution in [2.24, 2.45) is 0 Å². The second-order valence-electron chi connectivity index (χ2n) is 9.25. The number of aliphatic hydroxyl groups is 1. The zero-order chi connectivity index (χ0) is 26.2. The summed E-state index contributed by atoms with van der Waals surface area (Å²) in [5.41, 5.74) is 5.00. The molecular formula is C27H26FN9O. The van der Waals surface area contributed by atoms with E-state index in [0.717, 1.165) is 24.1 Å². The number of nitrogens with zero attached hydrogens (tertiary/aromatic N) is 6. The number of nitrogens with one attached hydrogen (secondary N) is 3. The number of H-pyrrole nitrogens is 2. The maximum Gasteiger partial charge on any atom is 0.166 e. The summed E-state index contributed by atoms with van der Waals surface area (Å²) in [5.74, 6) is 0.765. The predicted octanol–water partition coefficient (Wildman–Crippen LogP) is 5.12. The molecule has 1 aromatic carbocycles. The van der Waals surface area contributed by atoms with Crippen LogP contribution in [0.25, 0.3) is 50.4 Å². The Balaban J connectivity index is 1.39. The molecule has 0 amide bonds. The number of hydrogen-bond donors (Lipinski definition) is 4. The van der Waals surface area contributed by atoms with Crippen LogP contribution in [0.15, 0.2) is 55.4 Å². The zero-order valence-electron chi connectivity index (χ0n) is 20.9. The highest BCUT2D eigenvalue weighted by Crippen LogP contribution is 2.33. The second-order valence-corrected chi connectivity index (χ2v) is 9.25. The van der Waals surface area contributed by atoms with Crippen LogP contribution in [0.3, 0.4) is 0 Å². The van der Waals surface area contributed by atoms with Crippen molar-refractivity contribution in [3.05, 3.63) is 66.9 Å². The fraction of sp³-hybridized carbons (Fsp3) is 0.222. The number of halogens is 1. The molecule has 192 valence electrons. The summed E-state index contributed by atoms with van der Waals surface area (Å²) in [5, 5.41) is 21.3. The third-order valence-electron chi connectivity index (χ3n) is 6.43. The van der Waals surface area contributed by atoms with Crippen LogP contribution in [0.5, 0.6) is 0 Å².